The van der Waals surface area contributed by atoms with Crippen molar-refractivity contribution >= 4 is 16.9 Å². The highest BCUT2D eigenvalue weighted by atomic mass is 16.2. The van der Waals surface area contributed by atoms with Gasteiger partial charge in [-0.2, -0.15) is 0 Å². The quantitative estimate of drug-likeness (QED) is 0.773. The van der Waals surface area contributed by atoms with Gasteiger partial charge in [-0.1, -0.05) is 18.7 Å². The molecule has 1 aliphatic heterocycles. The Bertz CT molecular complexity index is 644. The molecule has 1 fully saturated rings. The molecule has 0 radical (unpaired) electrons. The molecular formula is C15H17N3O. The summed E-state index contributed by atoms with van der Waals surface area (Å²) < 4.78 is 2.09. The maximum Gasteiger partial charge on any atom is 0.246 e. The number of benzene rings is 1. The zero-order chi connectivity index (χ0) is 13.4. The van der Waals surface area contributed by atoms with Crippen molar-refractivity contribution in [2.45, 2.75) is 18.9 Å². The van der Waals surface area contributed by atoms with Gasteiger partial charge in [0, 0.05) is 13.6 Å². The van der Waals surface area contributed by atoms with E-state index in [9.17, 15) is 4.79 Å². The average molecular weight is 255 g/mol. The van der Waals surface area contributed by atoms with Crippen molar-refractivity contribution in [3.8, 4) is 0 Å². The third-order valence-electron chi connectivity index (χ3n) is 3.83. The largest absolute Gasteiger partial charge is 0.329 e. The van der Waals surface area contributed by atoms with Crippen LogP contribution in [0.4, 0.5) is 0 Å². The van der Waals surface area contributed by atoms with Crippen LogP contribution in [0.5, 0.6) is 0 Å². The Kier molecular flexibility index (Phi) is 2.85. The average Bonchev–Trinajstić information content (AvgIpc) is 3.03. The molecule has 0 bridgehead atoms. The first-order valence-electron chi connectivity index (χ1n) is 6.56. The van der Waals surface area contributed by atoms with Crippen LogP contribution in [0.1, 0.15) is 24.7 Å². The lowest BCUT2D eigenvalue weighted by Gasteiger charge is -2.22. The molecule has 0 spiro atoms. The van der Waals surface area contributed by atoms with Crippen molar-refractivity contribution in [1.82, 2.24) is 14.5 Å². The van der Waals surface area contributed by atoms with Crippen LogP contribution in [0.15, 0.2) is 36.9 Å². The van der Waals surface area contributed by atoms with Gasteiger partial charge in [-0.25, -0.2) is 4.98 Å². The smallest absolute Gasteiger partial charge is 0.246 e. The highest BCUT2D eigenvalue weighted by Gasteiger charge is 2.31. The Balaban J connectivity index is 2.06. The first-order valence-corrected chi connectivity index (χ1v) is 6.56. The molecule has 1 aliphatic rings. The Morgan fingerprint density at radius 1 is 1.47 bits per heavy atom. The first-order chi connectivity index (χ1) is 9.22. The van der Waals surface area contributed by atoms with Gasteiger partial charge in [0.1, 0.15) is 5.82 Å². The topological polar surface area (TPSA) is 38.1 Å². The predicted molar refractivity (Wildman–Crippen MR) is 74.6 cm³/mol. The third kappa shape index (κ3) is 1.84. The van der Waals surface area contributed by atoms with Gasteiger partial charge in [-0.05, 0) is 31.1 Å². The molecule has 0 saturated carbocycles. The molecular weight excluding hydrogens is 238 g/mol. The van der Waals surface area contributed by atoms with Gasteiger partial charge >= 0.3 is 0 Å². The number of carbonyl (C=O) groups excluding carboxylic acids is 1. The standard InChI is InChI=1S/C15H17N3O/c1-3-14(19)18-10-6-9-13(18)15-16-11-7-4-5-8-12(11)17(15)2/h3-5,7-8,13H,1,6,9-10H2,2H3/t13-/m1/s1. The van der Waals surface area contributed by atoms with Crippen molar-refractivity contribution in [2.75, 3.05) is 6.54 Å². The zero-order valence-corrected chi connectivity index (χ0v) is 11.0. The van der Waals surface area contributed by atoms with E-state index in [-0.39, 0.29) is 11.9 Å². The molecule has 1 saturated heterocycles. The molecule has 1 aromatic carbocycles. The monoisotopic (exact) mass is 255 g/mol. The molecule has 2 heterocycles. The minimum absolute atomic E-state index is 0.00504. The third-order valence-corrected chi connectivity index (χ3v) is 3.83. The molecule has 1 amide bonds. The van der Waals surface area contributed by atoms with Crippen LogP contribution < -0.4 is 0 Å². The number of para-hydroxylation sites is 2. The lowest BCUT2D eigenvalue weighted by Crippen LogP contribution is -2.30. The maximum atomic E-state index is 11.9. The number of hydrogen-bond acceptors (Lipinski definition) is 2. The van der Waals surface area contributed by atoms with E-state index in [0.29, 0.717) is 0 Å². The second-order valence-corrected chi connectivity index (χ2v) is 4.91. The van der Waals surface area contributed by atoms with Gasteiger partial charge in [0.2, 0.25) is 5.91 Å². The number of aromatic nitrogens is 2. The summed E-state index contributed by atoms with van der Waals surface area (Å²) in [5, 5.41) is 0. The summed E-state index contributed by atoms with van der Waals surface area (Å²) in [5.74, 6) is 0.962. The maximum absolute atomic E-state index is 11.9. The van der Waals surface area contributed by atoms with Gasteiger partial charge < -0.3 is 9.47 Å². The Morgan fingerprint density at radius 2 is 2.26 bits per heavy atom. The predicted octanol–water partition coefficient (Wildman–Crippen LogP) is 2.42. The molecule has 0 aliphatic carbocycles. The number of likely N-dealkylation sites (tertiary alicyclic amines) is 1. The minimum atomic E-state index is -0.00504. The summed E-state index contributed by atoms with van der Waals surface area (Å²) >= 11 is 0. The van der Waals surface area contributed by atoms with Crippen LogP contribution in [0.3, 0.4) is 0 Å². The van der Waals surface area contributed by atoms with E-state index in [2.05, 4.69) is 17.2 Å². The summed E-state index contributed by atoms with van der Waals surface area (Å²) in [6.07, 6.45) is 3.38. The van der Waals surface area contributed by atoms with Crippen molar-refractivity contribution in [3.63, 3.8) is 0 Å². The molecule has 1 aromatic heterocycles. The molecule has 3 rings (SSSR count). The SMILES string of the molecule is C=CC(=O)N1CCC[C@@H]1c1nc2ccccc2n1C. The number of rotatable bonds is 2. The van der Waals surface area contributed by atoms with E-state index in [1.54, 1.807) is 0 Å². The minimum Gasteiger partial charge on any atom is -0.329 e. The Labute approximate surface area is 112 Å². The van der Waals surface area contributed by atoms with Crippen LogP contribution in [-0.4, -0.2) is 26.9 Å². The fourth-order valence-electron chi connectivity index (χ4n) is 2.88. The number of carbonyl (C=O) groups is 1. The van der Waals surface area contributed by atoms with Gasteiger partial charge in [0.15, 0.2) is 0 Å². The van der Waals surface area contributed by atoms with Crippen molar-refractivity contribution in [2.24, 2.45) is 7.05 Å². The number of nitrogens with zero attached hydrogens (tertiary/aromatic N) is 3. The summed E-state index contributed by atoms with van der Waals surface area (Å²) in [7, 11) is 2.01. The van der Waals surface area contributed by atoms with Gasteiger partial charge in [0.05, 0.1) is 17.1 Å². The second-order valence-electron chi connectivity index (χ2n) is 4.91. The fraction of sp³-hybridized carbons (Fsp3) is 0.333. The van der Waals surface area contributed by atoms with Crippen LogP contribution in [0.2, 0.25) is 0 Å². The molecule has 98 valence electrons. The summed E-state index contributed by atoms with van der Waals surface area (Å²) in [6.45, 7) is 4.37. The van der Waals surface area contributed by atoms with Gasteiger partial charge in [0.25, 0.3) is 0 Å². The number of imidazole rings is 1. The molecule has 0 unspecified atom stereocenters. The summed E-state index contributed by atoms with van der Waals surface area (Å²) in [6, 6.07) is 8.13. The zero-order valence-electron chi connectivity index (χ0n) is 11.0. The molecule has 1 atom stereocenters. The number of amides is 1. The van der Waals surface area contributed by atoms with E-state index >= 15 is 0 Å². The van der Waals surface area contributed by atoms with Crippen molar-refractivity contribution in [3.05, 3.63) is 42.7 Å². The van der Waals surface area contributed by atoms with E-state index in [4.69, 9.17) is 4.98 Å². The van der Waals surface area contributed by atoms with E-state index in [1.807, 2.05) is 30.1 Å². The normalized spacial score (nSPS) is 19.0. The highest BCUT2D eigenvalue weighted by Crippen LogP contribution is 2.32. The van der Waals surface area contributed by atoms with Gasteiger partial charge in [-0.3, -0.25) is 4.79 Å². The van der Waals surface area contributed by atoms with E-state index < -0.39 is 0 Å². The molecule has 19 heavy (non-hydrogen) atoms. The number of fused-ring (bicyclic) bond motifs is 1. The summed E-state index contributed by atoms with van der Waals surface area (Å²) in [5.41, 5.74) is 2.09. The van der Waals surface area contributed by atoms with Gasteiger partial charge in [-0.15, -0.1) is 0 Å². The molecule has 4 heteroatoms. The lowest BCUT2D eigenvalue weighted by molar-refractivity contribution is -0.127. The lowest BCUT2D eigenvalue weighted by atomic mass is 10.2. The fourth-order valence-corrected chi connectivity index (χ4v) is 2.88. The van der Waals surface area contributed by atoms with Crippen LogP contribution in [0.25, 0.3) is 11.0 Å². The summed E-state index contributed by atoms with van der Waals surface area (Å²) in [4.78, 5) is 18.5. The van der Waals surface area contributed by atoms with E-state index in [0.717, 1.165) is 36.2 Å². The number of hydrogen-bond donors (Lipinski definition) is 0. The second kappa shape index (κ2) is 4.53. The Morgan fingerprint density at radius 3 is 3.00 bits per heavy atom. The van der Waals surface area contributed by atoms with Crippen LogP contribution in [0, 0.1) is 0 Å². The van der Waals surface area contributed by atoms with Crippen molar-refractivity contribution < 1.29 is 4.79 Å². The molecule has 0 N–H and O–H groups in total. The number of aryl methyl sites for hydroxylation is 1. The van der Waals surface area contributed by atoms with E-state index in [1.165, 1.54) is 6.08 Å². The van der Waals surface area contributed by atoms with Crippen LogP contribution >= 0.6 is 0 Å². The molecule has 2 aromatic rings. The molecule has 4 nitrogen and oxygen atoms in total. The Hall–Kier alpha value is -2.10. The first kappa shape index (κ1) is 12.0. The highest BCUT2D eigenvalue weighted by molar-refractivity contribution is 5.87. The van der Waals surface area contributed by atoms with Crippen LogP contribution in [-0.2, 0) is 11.8 Å². The van der Waals surface area contributed by atoms with Crippen molar-refractivity contribution in [1.29, 1.82) is 0 Å².